The second-order valence-electron chi connectivity index (χ2n) is 9.78. The van der Waals surface area contributed by atoms with Gasteiger partial charge in [-0.3, -0.25) is 19.7 Å². The largest absolute Gasteiger partial charge is 0.481 e. The number of carboxylic acid groups (broad SMARTS) is 1. The molecule has 7 heteroatoms. The predicted octanol–water partition coefficient (Wildman–Crippen LogP) is 9.41. The first-order chi connectivity index (χ1) is 17.9. The number of carbonyl (C=O) groups is 2. The number of non-ortho nitro benzene ring substituents is 1. The number of unbranched alkanes of at least 4 members (excludes halogenated alkanes) is 16. The van der Waals surface area contributed by atoms with Gasteiger partial charge in [0, 0.05) is 25.0 Å². The van der Waals surface area contributed by atoms with E-state index in [1.165, 1.54) is 114 Å². The first-order valence-electron chi connectivity index (χ1n) is 14.6. The number of aliphatic carboxylic acids is 1. The third-order valence-electron chi connectivity index (χ3n) is 6.26. The van der Waals surface area contributed by atoms with Crippen molar-refractivity contribution in [3.05, 3.63) is 34.4 Å². The van der Waals surface area contributed by atoms with E-state index in [9.17, 15) is 19.7 Å². The molecule has 0 aliphatic carbocycles. The van der Waals surface area contributed by atoms with Crippen molar-refractivity contribution in [2.45, 2.75) is 142 Å². The van der Waals surface area contributed by atoms with E-state index in [2.05, 4.69) is 13.8 Å². The van der Waals surface area contributed by atoms with Crippen molar-refractivity contribution in [1.29, 1.82) is 0 Å². The van der Waals surface area contributed by atoms with Crippen LogP contribution in [0.2, 0.25) is 0 Å². The third-order valence-corrected chi connectivity index (χ3v) is 6.26. The Balaban J connectivity index is 0.00000109. The van der Waals surface area contributed by atoms with Gasteiger partial charge in [0.1, 0.15) is 5.75 Å². The molecule has 0 amide bonds. The van der Waals surface area contributed by atoms with E-state index in [1.54, 1.807) is 0 Å². The van der Waals surface area contributed by atoms with Crippen LogP contribution in [0.15, 0.2) is 24.3 Å². The lowest BCUT2D eigenvalue weighted by Crippen LogP contribution is -2.07. The second kappa shape index (κ2) is 25.2. The highest BCUT2D eigenvalue weighted by Gasteiger charge is 2.08. The second-order valence-corrected chi connectivity index (χ2v) is 9.78. The fraction of sp³-hybridized carbons (Fsp3) is 0.733. The minimum absolute atomic E-state index is 0.00806. The molecule has 0 unspecified atom stereocenters. The van der Waals surface area contributed by atoms with Gasteiger partial charge in [-0.15, -0.1) is 0 Å². The summed E-state index contributed by atoms with van der Waals surface area (Å²) in [5, 5.41) is 18.9. The van der Waals surface area contributed by atoms with Crippen LogP contribution in [0.25, 0.3) is 0 Å². The van der Waals surface area contributed by atoms with Gasteiger partial charge in [-0.25, -0.2) is 0 Å². The molecule has 0 bridgehead atoms. The summed E-state index contributed by atoms with van der Waals surface area (Å²) in [7, 11) is 0. The van der Waals surface area contributed by atoms with Crippen LogP contribution in [-0.2, 0) is 9.59 Å². The Bertz CT molecular complexity index is 705. The highest BCUT2D eigenvalue weighted by Crippen LogP contribution is 2.18. The molecule has 0 saturated carbocycles. The van der Waals surface area contributed by atoms with Crippen molar-refractivity contribution < 1.29 is 24.4 Å². The number of carbonyl (C=O) groups excluding carboxylic acids is 1. The summed E-state index contributed by atoms with van der Waals surface area (Å²) in [6.07, 6.45) is 22.8. The van der Waals surface area contributed by atoms with E-state index in [0.29, 0.717) is 18.6 Å². The number of hydrogen-bond acceptors (Lipinski definition) is 5. The number of esters is 1. The molecule has 0 radical (unpaired) electrons. The number of nitrogens with zero attached hydrogens (tertiary/aromatic N) is 1. The average Bonchev–Trinajstić information content (AvgIpc) is 2.87. The number of hydrogen-bond donors (Lipinski definition) is 1. The highest BCUT2D eigenvalue weighted by molar-refractivity contribution is 5.72. The zero-order chi connectivity index (χ0) is 27.6. The molecule has 0 spiro atoms. The van der Waals surface area contributed by atoms with Gasteiger partial charge in [0.25, 0.3) is 5.69 Å². The Kier molecular flexibility index (Phi) is 23.6. The summed E-state index contributed by atoms with van der Waals surface area (Å²) < 4.78 is 5.19. The fourth-order valence-electron chi connectivity index (χ4n) is 3.99. The van der Waals surface area contributed by atoms with Crippen molar-refractivity contribution in [1.82, 2.24) is 0 Å². The minimum atomic E-state index is -0.670. The molecule has 7 nitrogen and oxygen atoms in total. The number of ether oxygens (including phenoxy) is 1. The Labute approximate surface area is 224 Å². The van der Waals surface area contributed by atoms with E-state index in [-0.39, 0.29) is 11.7 Å². The molecule has 37 heavy (non-hydrogen) atoms. The van der Waals surface area contributed by atoms with E-state index in [0.717, 1.165) is 25.7 Å². The van der Waals surface area contributed by atoms with Crippen LogP contribution < -0.4 is 4.74 Å². The molecular formula is C30H51NO6. The molecule has 0 aliphatic heterocycles. The number of rotatable bonds is 22. The Morgan fingerprint density at radius 2 is 1.05 bits per heavy atom. The standard InChI is InChI=1S/C22H35NO4.C8H16O2/c1-2-3-4-5-6-7-8-9-10-11-12-13-14-15-22(24)27-21-18-16-20(17-19-21)23(25)26;1-2-3-4-5-6-7-8(9)10/h16-19H,2-15H2,1H3;2-7H2,1H3,(H,9,10). The van der Waals surface area contributed by atoms with Gasteiger partial charge in [-0.1, -0.05) is 117 Å². The fourth-order valence-corrected chi connectivity index (χ4v) is 3.99. The lowest BCUT2D eigenvalue weighted by molar-refractivity contribution is -0.384. The zero-order valence-corrected chi connectivity index (χ0v) is 23.4. The van der Waals surface area contributed by atoms with Crippen LogP contribution in [0.5, 0.6) is 5.75 Å². The molecule has 1 rings (SSSR count). The van der Waals surface area contributed by atoms with Crippen molar-refractivity contribution in [2.75, 3.05) is 0 Å². The molecule has 0 saturated heterocycles. The van der Waals surface area contributed by atoms with Gasteiger partial charge in [0.2, 0.25) is 0 Å². The van der Waals surface area contributed by atoms with Gasteiger partial charge < -0.3 is 9.84 Å². The molecule has 1 aromatic rings. The third kappa shape index (κ3) is 23.7. The maximum absolute atomic E-state index is 11.8. The summed E-state index contributed by atoms with van der Waals surface area (Å²) >= 11 is 0. The normalized spacial score (nSPS) is 10.4. The molecule has 0 aromatic heterocycles. The number of nitro benzene ring substituents is 1. The lowest BCUT2D eigenvalue weighted by atomic mass is 10.0. The number of carboxylic acids is 1. The van der Waals surface area contributed by atoms with Crippen LogP contribution in [-0.4, -0.2) is 22.0 Å². The van der Waals surface area contributed by atoms with E-state index in [1.807, 2.05) is 0 Å². The Morgan fingerprint density at radius 1 is 0.676 bits per heavy atom. The number of nitro groups is 1. The van der Waals surface area contributed by atoms with Crippen LogP contribution in [0.3, 0.4) is 0 Å². The molecule has 0 fully saturated rings. The summed E-state index contributed by atoms with van der Waals surface area (Å²) in [6, 6.07) is 5.60. The zero-order valence-electron chi connectivity index (χ0n) is 23.4. The van der Waals surface area contributed by atoms with Gasteiger partial charge in [-0.2, -0.15) is 0 Å². The quantitative estimate of drug-likeness (QED) is 0.0535. The van der Waals surface area contributed by atoms with Gasteiger partial charge in [0.05, 0.1) is 4.92 Å². The summed E-state index contributed by atoms with van der Waals surface area (Å²) in [5.41, 5.74) is -0.00806. The van der Waals surface area contributed by atoms with Crippen LogP contribution in [0, 0.1) is 10.1 Å². The molecule has 1 N–H and O–H groups in total. The predicted molar refractivity (Wildman–Crippen MR) is 150 cm³/mol. The maximum Gasteiger partial charge on any atom is 0.311 e. The summed E-state index contributed by atoms with van der Waals surface area (Å²) in [4.78, 5) is 31.9. The summed E-state index contributed by atoms with van der Waals surface area (Å²) in [6.45, 7) is 4.40. The van der Waals surface area contributed by atoms with Crippen LogP contribution in [0.4, 0.5) is 5.69 Å². The van der Waals surface area contributed by atoms with Crippen molar-refractivity contribution >= 4 is 17.6 Å². The lowest BCUT2D eigenvalue weighted by Gasteiger charge is -2.05. The summed E-state index contributed by atoms with van der Waals surface area (Å²) in [5.74, 6) is -0.580. The van der Waals surface area contributed by atoms with Crippen molar-refractivity contribution in [2.24, 2.45) is 0 Å². The number of benzene rings is 1. The topological polar surface area (TPSA) is 107 Å². The monoisotopic (exact) mass is 521 g/mol. The highest BCUT2D eigenvalue weighted by atomic mass is 16.6. The Hall–Kier alpha value is -2.44. The molecular weight excluding hydrogens is 470 g/mol. The molecule has 212 valence electrons. The van der Waals surface area contributed by atoms with Crippen LogP contribution in [0.1, 0.15) is 142 Å². The average molecular weight is 522 g/mol. The molecule has 0 heterocycles. The molecule has 0 atom stereocenters. The van der Waals surface area contributed by atoms with Gasteiger partial charge >= 0.3 is 11.9 Å². The smallest absolute Gasteiger partial charge is 0.311 e. The van der Waals surface area contributed by atoms with Crippen LogP contribution >= 0.6 is 0 Å². The van der Waals surface area contributed by atoms with Crippen molar-refractivity contribution in [3.8, 4) is 5.75 Å². The van der Waals surface area contributed by atoms with E-state index in [4.69, 9.17) is 9.84 Å². The maximum atomic E-state index is 11.8. The first kappa shape index (κ1) is 34.6. The first-order valence-corrected chi connectivity index (χ1v) is 14.6. The van der Waals surface area contributed by atoms with E-state index < -0.39 is 10.9 Å². The Morgan fingerprint density at radius 3 is 1.43 bits per heavy atom. The minimum Gasteiger partial charge on any atom is -0.481 e. The SMILES string of the molecule is CCCCCCCC(=O)O.CCCCCCCCCCCCCCCC(=O)Oc1ccc([N+](=O)[O-])cc1. The molecule has 1 aromatic carbocycles. The van der Waals surface area contributed by atoms with E-state index >= 15 is 0 Å². The van der Waals surface area contributed by atoms with Crippen molar-refractivity contribution in [3.63, 3.8) is 0 Å². The van der Waals surface area contributed by atoms with Gasteiger partial charge in [0.15, 0.2) is 0 Å². The molecule has 0 aliphatic rings. The van der Waals surface area contributed by atoms with Gasteiger partial charge in [-0.05, 0) is 25.0 Å².